The fourth-order valence-electron chi connectivity index (χ4n) is 1.53. The van der Waals surface area contributed by atoms with E-state index in [0.29, 0.717) is 6.54 Å². The molecule has 0 unspecified atom stereocenters. The van der Waals surface area contributed by atoms with Crippen molar-refractivity contribution in [2.75, 3.05) is 6.54 Å². The Morgan fingerprint density at radius 2 is 2.20 bits per heavy atom. The van der Waals surface area contributed by atoms with Crippen LogP contribution >= 0.6 is 11.6 Å². The van der Waals surface area contributed by atoms with E-state index >= 15 is 0 Å². The van der Waals surface area contributed by atoms with Crippen molar-refractivity contribution < 1.29 is 5.11 Å². The van der Waals surface area contributed by atoms with Crippen molar-refractivity contribution in [1.29, 1.82) is 0 Å². The largest absolute Gasteiger partial charge is 0.392 e. The van der Waals surface area contributed by atoms with Crippen LogP contribution in [-0.2, 0) is 0 Å². The van der Waals surface area contributed by atoms with Crippen molar-refractivity contribution in [3.05, 3.63) is 34.9 Å². The minimum atomic E-state index is -0.321. The van der Waals surface area contributed by atoms with Crippen LogP contribution in [0.25, 0.3) is 0 Å². The Labute approximate surface area is 96.3 Å². The normalized spacial score (nSPS) is 14.9. The molecule has 0 heterocycles. The Balaban J connectivity index is 2.65. The lowest BCUT2D eigenvalue weighted by atomic mass is 10.0. The van der Waals surface area contributed by atoms with E-state index in [1.807, 2.05) is 18.2 Å². The maximum atomic E-state index is 9.21. The molecule has 0 aliphatic rings. The summed E-state index contributed by atoms with van der Waals surface area (Å²) in [4.78, 5) is 0. The minimum Gasteiger partial charge on any atom is -0.392 e. The van der Waals surface area contributed by atoms with Crippen molar-refractivity contribution in [3.8, 4) is 0 Å². The van der Waals surface area contributed by atoms with E-state index in [1.165, 1.54) is 5.56 Å². The molecule has 0 amide bonds. The molecule has 15 heavy (non-hydrogen) atoms. The molecule has 1 rings (SSSR count). The van der Waals surface area contributed by atoms with Crippen LogP contribution < -0.4 is 5.32 Å². The number of hydrogen-bond donors (Lipinski definition) is 2. The molecule has 1 aromatic rings. The molecule has 3 heteroatoms. The Morgan fingerprint density at radius 1 is 1.47 bits per heavy atom. The number of rotatable bonds is 5. The molecule has 0 saturated heterocycles. The molecule has 2 N–H and O–H groups in total. The maximum Gasteiger partial charge on any atom is 0.0636 e. The zero-order valence-electron chi connectivity index (χ0n) is 9.20. The number of aliphatic hydroxyl groups excluding tert-OH is 1. The number of halogens is 1. The van der Waals surface area contributed by atoms with Crippen LogP contribution in [0.1, 0.15) is 31.9 Å². The number of nitrogens with one attached hydrogen (secondary N) is 1. The van der Waals surface area contributed by atoms with Gasteiger partial charge in [-0.25, -0.2) is 0 Å². The van der Waals surface area contributed by atoms with Crippen LogP contribution in [0.3, 0.4) is 0 Å². The summed E-state index contributed by atoms with van der Waals surface area (Å²) in [6, 6.07) is 8.09. The molecule has 2 nitrogen and oxygen atoms in total. The van der Waals surface area contributed by atoms with Gasteiger partial charge in [0.05, 0.1) is 6.10 Å². The second kappa shape index (κ2) is 6.11. The molecule has 0 aromatic heterocycles. The zero-order chi connectivity index (χ0) is 11.3. The average molecular weight is 228 g/mol. The highest BCUT2D eigenvalue weighted by Gasteiger charge is 2.09. The standard InChI is InChI=1S/C12H18ClNO/c1-3-12(14-8-9(2)15)10-5-4-6-11(13)7-10/h4-7,9,12,14-15H,3,8H2,1-2H3/t9-,12+/m0/s1. The monoisotopic (exact) mass is 227 g/mol. The molecular weight excluding hydrogens is 210 g/mol. The van der Waals surface area contributed by atoms with Gasteiger partial charge in [-0.05, 0) is 31.0 Å². The smallest absolute Gasteiger partial charge is 0.0636 e. The fraction of sp³-hybridized carbons (Fsp3) is 0.500. The van der Waals surface area contributed by atoms with Gasteiger partial charge in [0.15, 0.2) is 0 Å². The fourth-order valence-corrected chi connectivity index (χ4v) is 1.73. The average Bonchev–Trinajstić information content (AvgIpc) is 2.18. The summed E-state index contributed by atoms with van der Waals surface area (Å²) in [5, 5.41) is 13.3. The van der Waals surface area contributed by atoms with Crippen LogP contribution in [0, 0.1) is 0 Å². The molecule has 0 bridgehead atoms. The van der Waals surface area contributed by atoms with Gasteiger partial charge in [-0.1, -0.05) is 30.7 Å². The van der Waals surface area contributed by atoms with Crippen LogP contribution in [0.2, 0.25) is 5.02 Å². The van der Waals surface area contributed by atoms with Gasteiger partial charge < -0.3 is 10.4 Å². The van der Waals surface area contributed by atoms with E-state index in [9.17, 15) is 5.11 Å². The Morgan fingerprint density at radius 3 is 2.73 bits per heavy atom. The molecular formula is C12H18ClNO. The maximum absolute atomic E-state index is 9.21. The molecule has 0 saturated carbocycles. The van der Waals surface area contributed by atoms with Gasteiger partial charge in [-0.3, -0.25) is 0 Å². The minimum absolute atomic E-state index is 0.262. The Hall–Kier alpha value is -0.570. The highest BCUT2D eigenvalue weighted by Crippen LogP contribution is 2.20. The van der Waals surface area contributed by atoms with Crippen molar-refractivity contribution in [1.82, 2.24) is 5.32 Å². The first-order valence-corrected chi connectivity index (χ1v) is 5.68. The van der Waals surface area contributed by atoms with Gasteiger partial charge >= 0.3 is 0 Å². The summed E-state index contributed by atoms with van der Waals surface area (Å²) < 4.78 is 0. The summed E-state index contributed by atoms with van der Waals surface area (Å²) in [7, 11) is 0. The molecule has 0 fully saturated rings. The summed E-state index contributed by atoms with van der Waals surface area (Å²) in [6.45, 7) is 4.49. The van der Waals surface area contributed by atoms with Gasteiger partial charge in [0.2, 0.25) is 0 Å². The Bertz CT molecular complexity index is 301. The van der Waals surface area contributed by atoms with Gasteiger partial charge in [0.1, 0.15) is 0 Å². The lowest BCUT2D eigenvalue weighted by Gasteiger charge is -2.18. The molecule has 1 aromatic carbocycles. The molecule has 0 aliphatic carbocycles. The zero-order valence-corrected chi connectivity index (χ0v) is 9.96. The third-order valence-corrected chi connectivity index (χ3v) is 2.55. The number of aliphatic hydroxyl groups is 1. The summed E-state index contributed by atoms with van der Waals surface area (Å²) in [5.74, 6) is 0. The predicted octanol–water partition coefficient (Wildman–Crippen LogP) is 2.76. The van der Waals surface area contributed by atoms with Crippen LogP contribution in [-0.4, -0.2) is 17.8 Å². The van der Waals surface area contributed by atoms with E-state index in [4.69, 9.17) is 11.6 Å². The van der Waals surface area contributed by atoms with Gasteiger partial charge in [-0.2, -0.15) is 0 Å². The Kier molecular flexibility index (Phi) is 5.09. The van der Waals surface area contributed by atoms with Crippen LogP contribution in [0.5, 0.6) is 0 Å². The third kappa shape index (κ3) is 4.20. The van der Waals surface area contributed by atoms with E-state index in [0.717, 1.165) is 11.4 Å². The second-order valence-corrected chi connectivity index (χ2v) is 4.21. The highest BCUT2D eigenvalue weighted by atomic mass is 35.5. The SMILES string of the molecule is CC[C@@H](NC[C@H](C)O)c1cccc(Cl)c1. The van der Waals surface area contributed by atoms with E-state index in [1.54, 1.807) is 6.92 Å². The van der Waals surface area contributed by atoms with Crippen molar-refractivity contribution in [2.24, 2.45) is 0 Å². The van der Waals surface area contributed by atoms with E-state index in [2.05, 4.69) is 18.3 Å². The molecule has 0 aliphatic heterocycles. The molecule has 84 valence electrons. The highest BCUT2D eigenvalue weighted by molar-refractivity contribution is 6.30. The first-order chi connectivity index (χ1) is 7.13. The predicted molar refractivity (Wildman–Crippen MR) is 64.2 cm³/mol. The summed E-state index contributed by atoms with van der Waals surface area (Å²) >= 11 is 5.93. The van der Waals surface area contributed by atoms with E-state index in [-0.39, 0.29) is 12.1 Å². The van der Waals surface area contributed by atoms with Crippen molar-refractivity contribution in [3.63, 3.8) is 0 Å². The van der Waals surface area contributed by atoms with E-state index < -0.39 is 0 Å². The van der Waals surface area contributed by atoms with Crippen LogP contribution in [0.4, 0.5) is 0 Å². The summed E-state index contributed by atoms with van der Waals surface area (Å²) in [5.41, 5.74) is 1.17. The third-order valence-electron chi connectivity index (χ3n) is 2.32. The van der Waals surface area contributed by atoms with Gasteiger partial charge in [0, 0.05) is 17.6 Å². The molecule has 0 spiro atoms. The first kappa shape index (κ1) is 12.5. The lowest BCUT2D eigenvalue weighted by molar-refractivity contribution is 0.185. The lowest BCUT2D eigenvalue weighted by Crippen LogP contribution is -2.28. The van der Waals surface area contributed by atoms with Gasteiger partial charge in [0.25, 0.3) is 0 Å². The quantitative estimate of drug-likeness (QED) is 0.811. The topological polar surface area (TPSA) is 32.3 Å². The molecule has 0 radical (unpaired) electrons. The summed E-state index contributed by atoms with van der Waals surface area (Å²) in [6.07, 6.45) is 0.658. The van der Waals surface area contributed by atoms with Crippen molar-refractivity contribution in [2.45, 2.75) is 32.4 Å². The first-order valence-electron chi connectivity index (χ1n) is 5.30. The second-order valence-electron chi connectivity index (χ2n) is 3.77. The number of benzene rings is 1. The van der Waals surface area contributed by atoms with Gasteiger partial charge in [-0.15, -0.1) is 0 Å². The van der Waals surface area contributed by atoms with Crippen molar-refractivity contribution >= 4 is 11.6 Å². The molecule has 2 atom stereocenters. The van der Waals surface area contributed by atoms with Crippen LogP contribution in [0.15, 0.2) is 24.3 Å². The number of hydrogen-bond acceptors (Lipinski definition) is 2.